The number of hydrogen-bond acceptors (Lipinski definition) is 4. The molecule has 1 aliphatic rings. The summed E-state index contributed by atoms with van der Waals surface area (Å²) in [4.78, 5) is 12.2. The third kappa shape index (κ3) is 4.24. The maximum absolute atomic E-state index is 12.2. The number of carbonyl (C=O) groups excluding carboxylic acids is 1. The molecule has 1 heterocycles. The third-order valence-electron chi connectivity index (χ3n) is 4.15. The Bertz CT molecular complexity index is 772. The lowest BCUT2D eigenvalue weighted by atomic mass is 10.1. The molecule has 0 aliphatic carbocycles. The van der Waals surface area contributed by atoms with Crippen LogP contribution < -0.4 is 19.5 Å². The lowest BCUT2D eigenvalue weighted by molar-refractivity contribution is -0.123. The third-order valence-corrected chi connectivity index (χ3v) is 4.15. The molecule has 0 saturated carbocycles. The molecule has 0 saturated heterocycles. The molecule has 1 amide bonds. The topological polar surface area (TPSA) is 56.8 Å². The predicted molar refractivity (Wildman–Crippen MR) is 95.4 cm³/mol. The number of aryl methyl sites for hydroxylation is 2. The van der Waals surface area contributed by atoms with Crippen LogP contribution >= 0.6 is 0 Å². The summed E-state index contributed by atoms with van der Waals surface area (Å²) in [5.41, 5.74) is 3.08. The van der Waals surface area contributed by atoms with Crippen molar-refractivity contribution in [2.75, 3.05) is 19.8 Å². The first-order valence-corrected chi connectivity index (χ1v) is 8.42. The Morgan fingerprint density at radius 2 is 1.88 bits per heavy atom. The Morgan fingerprint density at radius 1 is 1.12 bits per heavy atom. The zero-order chi connectivity index (χ0) is 17.8. The molecule has 0 spiro atoms. The number of benzene rings is 2. The smallest absolute Gasteiger partial charge is 0.258 e. The highest BCUT2D eigenvalue weighted by Crippen LogP contribution is 2.32. The van der Waals surface area contributed by atoms with E-state index < -0.39 is 0 Å². The fraction of sp³-hybridized carbons (Fsp3) is 0.350. The molecule has 3 rings (SSSR count). The molecule has 0 fully saturated rings. The Hall–Kier alpha value is -2.69. The van der Waals surface area contributed by atoms with Crippen LogP contribution in [0.3, 0.4) is 0 Å². The zero-order valence-electron chi connectivity index (χ0n) is 14.8. The first-order valence-electron chi connectivity index (χ1n) is 8.42. The van der Waals surface area contributed by atoms with Crippen molar-refractivity contribution in [3.63, 3.8) is 0 Å². The van der Waals surface area contributed by atoms with Crippen molar-refractivity contribution in [2.45, 2.75) is 26.8 Å². The second-order valence-corrected chi connectivity index (χ2v) is 6.25. The van der Waals surface area contributed by atoms with Gasteiger partial charge in [-0.2, -0.15) is 0 Å². The molecule has 2 aromatic carbocycles. The summed E-state index contributed by atoms with van der Waals surface area (Å²) in [6.45, 7) is 6.98. The summed E-state index contributed by atoms with van der Waals surface area (Å²) < 4.78 is 16.8. The summed E-state index contributed by atoms with van der Waals surface area (Å²) in [5, 5.41) is 2.95. The van der Waals surface area contributed by atoms with E-state index in [0.29, 0.717) is 13.2 Å². The zero-order valence-corrected chi connectivity index (χ0v) is 14.8. The number of nitrogens with one attached hydrogen (secondary N) is 1. The number of fused-ring (bicyclic) bond motifs is 1. The van der Waals surface area contributed by atoms with Gasteiger partial charge in [-0.3, -0.25) is 4.79 Å². The minimum atomic E-state index is -0.164. The fourth-order valence-corrected chi connectivity index (χ4v) is 2.70. The van der Waals surface area contributed by atoms with Crippen LogP contribution in [0.5, 0.6) is 17.2 Å². The summed E-state index contributed by atoms with van der Waals surface area (Å²) in [7, 11) is 0. The summed E-state index contributed by atoms with van der Waals surface area (Å²) >= 11 is 0. The SMILES string of the molecule is Cc1ccc(C)c(OCC(=O)N[C@H](C)c2ccc3c(c2)OCCO3)c1. The van der Waals surface area contributed by atoms with Crippen molar-refractivity contribution in [1.82, 2.24) is 5.32 Å². The van der Waals surface area contributed by atoms with Crippen LogP contribution in [-0.2, 0) is 4.79 Å². The molecule has 0 aromatic heterocycles. The van der Waals surface area contributed by atoms with Gasteiger partial charge in [-0.15, -0.1) is 0 Å². The minimum Gasteiger partial charge on any atom is -0.486 e. The standard InChI is InChI=1S/C20H23NO4/c1-13-4-5-14(2)18(10-13)25-12-20(22)21-15(3)16-6-7-17-19(11-16)24-9-8-23-17/h4-7,10-11,15H,8-9,12H2,1-3H3,(H,21,22)/t15-/m1/s1. The summed E-state index contributed by atoms with van der Waals surface area (Å²) in [6.07, 6.45) is 0. The lowest BCUT2D eigenvalue weighted by Gasteiger charge is -2.21. The van der Waals surface area contributed by atoms with E-state index in [1.165, 1.54) is 0 Å². The molecule has 2 aromatic rings. The van der Waals surface area contributed by atoms with Gasteiger partial charge in [0.1, 0.15) is 19.0 Å². The van der Waals surface area contributed by atoms with Gasteiger partial charge in [0.05, 0.1) is 6.04 Å². The van der Waals surface area contributed by atoms with Crippen LogP contribution in [0.25, 0.3) is 0 Å². The first kappa shape index (κ1) is 17.1. The van der Waals surface area contributed by atoms with Crippen LogP contribution in [0.2, 0.25) is 0 Å². The fourth-order valence-electron chi connectivity index (χ4n) is 2.70. The van der Waals surface area contributed by atoms with Crippen molar-refractivity contribution < 1.29 is 19.0 Å². The number of amides is 1. The monoisotopic (exact) mass is 341 g/mol. The van der Waals surface area contributed by atoms with Gasteiger partial charge in [0.15, 0.2) is 18.1 Å². The maximum atomic E-state index is 12.2. The largest absolute Gasteiger partial charge is 0.486 e. The Morgan fingerprint density at radius 3 is 2.68 bits per heavy atom. The van der Waals surface area contributed by atoms with Gasteiger partial charge < -0.3 is 19.5 Å². The van der Waals surface area contributed by atoms with Gasteiger partial charge in [0.25, 0.3) is 5.91 Å². The van der Waals surface area contributed by atoms with E-state index in [9.17, 15) is 4.79 Å². The van der Waals surface area contributed by atoms with Gasteiger partial charge in [-0.25, -0.2) is 0 Å². The second kappa shape index (κ2) is 7.47. The minimum absolute atomic E-state index is 0.0147. The van der Waals surface area contributed by atoms with Gasteiger partial charge in [-0.05, 0) is 55.7 Å². The Balaban J connectivity index is 1.58. The van der Waals surface area contributed by atoms with E-state index in [2.05, 4.69) is 5.32 Å². The molecule has 1 atom stereocenters. The Labute approximate surface area is 147 Å². The van der Waals surface area contributed by atoms with Gasteiger partial charge in [-0.1, -0.05) is 18.2 Å². The van der Waals surface area contributed by atoms with E-state index in [-0.39, 0.29) is 18.6 Å². The molecule has 25 heavy (non-hydrogen) atoms. The molecule has 0 bridgehead atoms. The molecule has 132 valence electrons. The van der Waals surface area contributed by atoms with Crippen molar-refractivity contribution in [3.8, 4) is 17.2 Å². The number of rotatable bonds is 5. The van der Waals surface area contributed by atoms with Gasteiger partial charge in [0.2, 0.25) is 0 Å². The maximum Gasteiger partial charge on any atom is 0.258 e. The number of hydrogen-bond donors (Lipinski definition) is 1. The van der Waals surface area contributed by atoms with Crippen LogP contribution in [0.15, 0.2) is 36.4 Å². The molecule has 1 N–H and O–H groups in total. The highest BCUT2D eigenvalue weighted by molar-refractivity contribution is 5.78. The first-order chi connectivity index (χ1) is 12.0. The van der Waals surface area contributed by atoms with Crippen molar-refractivity contribution >= 4 is 5.91 Å². The Kier molecular flexibility index (Phi) is 5.12. The normalized spacial score (nSPS) is 13.9. The number of ether oxygens (including phenoxy) is 3. The molecule has 5 heteroatoms. The quantitative estimate of drug-likeness (QED) is 0.906. The van der Waals surface area contributed by atoms with Crippen LogP contribution in [0, 0.1) is 13.8 Å². The molecule has 1 aliphatic heterocycles. The summed E-state index contributed by atoms with van der Waals surface area (Å²) in [6, 6.07) is 11.5. The number of carbonyl (C=O) groups is 1. The summed E-state index contributed by atoms with van der Waals surface area (Å²) in [5.74, 6) is 2.04. The molecule has 5 nitrogen and oxygen atoms in total. The van der Waals surface area contributed by atoms with E-state index in [1.54, 1.807) is 0 Å². The van der Waals surface area contributed by atoms with Crippen LogP contribution in [-0.4, -0.2) is 25.7 Å². The molecule has 0 radical (unpaired) electrons. The predicted octanol–water partition coefficient (Wildman–Crippen LogP) is 3.33. The highest BCUT2D eigenvalue weighted by atomic mass is 16.6. The lowest BCUT2D eigenvalue weighted by Crippen LogP contribution is -2.31. The van der Waals surface area contributed by atoms with Gasteiger partial charge >= 0.3 is 0 Å². The van der Waals surface area contributed by atoms with Crippen molar-refractivity contribution in [3.05, 3.63) is 53.1 Å². The van der Waals surface area contributed by atoms with E-state index in [4.69, 9.17) is 14.2 Å². The van der Waals surface area contributed by atoms with Crippen molar-refractivity contribution in [2.24, 2.45) is 0 Å². The van der Waals surface area contributed by atoms with Crippen LogP contribution in [0.1, 0.15) is 29.7 Å². The highest BCUT2D eigenvalue weighted by Gasteiger charge is 2.16. The average molecular weight is 341 g/mol. The average Bonchev–Trinajstić information content (AvgIpc) is 2.62. The second-order valence-electron chi connectivity index (χ2n) is 6.25. The van der Waals surface area contributed by atoms with E-state index in [0.717, 1.165) is 33.9 Å². The molecular weight excluding hydrogens is 318 g/mol. The van der Waals surface area contributed by atoms with E-state index in [1.807, 2.05) is 57.2 Å². The van der Waals surface area contributed by atoms with Crippen LogP contribution in [0.4, 0.5) is 0 Å². The molecular formula is C20H23NO4. The van der Waals surface area contributed by atoms with Gasteiger partial charge in [0, 0.05) is 0 Å². The molecule has 0 unspecified atom stereocenters. The van der Waals surface area contributed by atoms with Crippen molar-refractivity contribution in [1.29, 1.82) is 0 Å². The van der Waals surface area contributed by atoms with E-state index >= 15 is 0 Å².